The molecule has 238 valence electrons. The van der Waals surface area contributed by atoms with Gasteiger partial charge in [-0.1, -0.05) is 97.1 Å². The Morgan fingerprint density at radius 3 is 1.80 bits per heavy atom. The molecule has 0 atom stereocenters. The number of aromatic nitrogens is 1. The Hall–Kier alpha value is -6.22. The molecule has 1 aliphatic heterocycles. The van der Waals surface area contributed by atoms with Crippen molar-refractivity contribution in [1.82, 2.24) is 4.57 Å². The van der Waals surface area contributed by atoms with Crippen molar-refractivity contribution in [3.8, 4) is 56.3 Å². The second-order valence-electron chi connectivity index (χ2n) is 13.0. The summed E-state index contributed by atoms with van der Waals surface area (Å²) in [6.45, 7) is 0. The maximum atomic E-state index is 13.6. The molecule has 0 spiro atoms. The minimum atomic E-state index is -3.43. The molecule has 8 aromatic rings. The first kappa shape index (κ1) is 29.9. The zero-order valence-electron chi connectivity index (χ0n) is 27.0. The molecule has 2 heterocycles. The van der Waals surface area contributed by atoms with E-state index in [4.69, 9.17) is 0 Å². The highest BCUT2D eigenvalue weighted by Gasteiger charge is 2.25. The van der Waals surface area contributed by atoms with Gasteiger partial charge in [-0.3, -0.25) is 0 Å². The Bertz CT molecular complexity index is 2720. The quantitative estimate of drug-likeness (QED) is 0.188. The monoisotopic (exact) mass is 662 g/mol. The molecule has 0 unspecified atom stereocenters. The van der Waals surface area contributed by atoms with E-state index < -0.39 is 9.84 Å². The molecule has 50 heavy (non-hydrogen) atoms. The van der Waals surface area contributed by atoms with Gasteiger partial charge in [0, 0.05) is 16.5 Å². The fourth-order valence-corrected chi connectivity index (χ4v) is 9.01. The number of fused-ring (bicyclic) bond motifs is 6. The van der Waals surface area contributed by atoms with E-state index in [1.54, 1.807) is 0 Å². The van der Waals surface area contributed by atoms with Crippen LogP contribution in [-0.4, -0.2) is 13.0 Å². The lowest BCUT2D eigenvalue weighted by atomic mass is 9.90. The van der Waals surface area contributed by atoms with Crippen LogP contribution in [0.1, 0.15) is 16.7 Å². The minimum Gasteiger partial charge on any atom is -0.309 e. The smallest absolute Gasteiger partial charge is 0.158 e. The van der Waals surface area contributed by atoms with Crippen LogP contribution < -0.4 is 0 Å². The molecule has 0 saturated carbocycles. The van der Waals surface area contributed by atoms with Crippen molar-refractivity contribution in [3.05, 3.63) is 174 Å². The lowest BCUT2D eigenvalue weighted by Crippen LogP contribution is -2.05. The van der Waals surface area contributed by atoms with Gasteiger partial charge in [-0.25, -0.2) is 8.42 Å². The third-order valence-electron chi connectivity index (χ3n) is 9.78. The van der Waals surface area contributed by atoms with E-state index in [9.17, 15) is 13.7 Å². The molecule has 5 heteroatoms. The molecule has 0 aliphatic carbocycles. The summed E-state index contributed by atoms with van der Waals surface area (Å²) >= 11 is 0. The van der Waals surface area contributed by atoms with Gasteiger partial charge in [-0.2, -0.15) is 5.26 Å². The van der Waals surface area contributed by atoms with Crippen molar-refractivity contribution in [1.29, 1.82) is 5.26 Å². The van der Waals surface area contributed by atoms with Crippen molar-refractivity contribution < 1.29 is 8.42 Å². The van der Waals surface area contributed by atoms with Crippen LogP contribution in [0.4, 0.5) is 0 Å². The molecule has 0 fully saturated rings. The van der Waals surface area contributed by atoms with Gasteiger partial charge >= 0.3 is 0 Å². The van der Waals surface area contributed by atoms with Crippen LogP contribution in [-0.2, 0) is 21.3 Å². The number of rotatable bonds is 4. The van der Waals surface area contributed by atoms with E-state index in [1.165, 1.54) is 0 Å². The molecule has 0 bridgehead atoms. The highest BCUT2D eigenvalue weighted by atomic mass is 32.2. The SMILES string of the molecule is N#Cc1ccc2c(c1)c1ccccc1n2-c1ccc2c(c1)-c1ccc(-c3cc(-c4ccccc4)cc(-c4ccccc4)c3)cc1CS(=O)(=O)C2. The number of para-hydroxylation sites is 1. The molecule has 0 N–H and O–H groups in total. The summed E-state index contributed by atoms with van der Waals surface area (Å²) in [5.74, 6) is -0.0522. The Morgan fingerprint density at radius 2 is 1.10 bits per heavy atom. The molecule has 1 aliphatic rings. The largest absolute Gasteiger partial charge is 0.309 e. The first-order valence-electron chi connectivity index (χ1n) is 16.6. The summed E-state index contributed by atoms with van der Waals surface area (Å²) < 4.78 is 29.4. The highest BCUT2D eigenvalue weighted by Crippen LogP contribution is 2.41. The highest BCUT2D eigenvalue weighted by molar-refractivity contribution is 7.89. The fourth-order valence-electron chi connectivity index (χ4n) is 7.47. The molecule has 4 nitrogen and oxygen atoms in total. The second-order valence-corrected chi connectivity index (χ2v) is 15.0. The molecular weight excluding hydrogens is 633 g/mol. The summed E-state index contributed by atoms with van der Waals surface area (Å²) in [6.07, 6.45) is 0. The molecular formula is C45H30N2O2S. The standard InChI is InChI=1S/C45H30N2O2S/c46-27-30-15-20-45-43(21-30)41-13-7-8-14-44(41)47(45)39-18-16-34-28-50(48,49)29-38-22-33(17-19-40(38)42(34)26-39)37-24-35(31-9-3-1-4-10-31)23-36(25-37)32-11-5-2-6-12-32/h1-26H,28-29H2. The Kier molecular flexibility index (Phi) is 7.01. The summed E-state index contributed by atoms with van der Waals surface area (Å²) in [6, 6.07) is 56.0. The van der Waals surface area contributed by atoms with Crippen LogP contribution in [0.2, 0.25) is 0 Å². The number of hydrogen-bond donors (Lipinski definition) is 0. The van der Waals surface area contributed by atoms with E-state index in [0.717, 1.165) is 83.1 Å². The predicted octanol–water partition coefficient (Wildman–Crippen LogP) is 10.8. The maximum Gasteiger partial charge on any atom is 0.158 e. The van der Waals surface area contributed by atoms with Gasteiger partial charge in [-0.15, -0.1) is 0 Å². The number of nitrogens with zero attached hydrogens (tertiary/aromatic N) is 2. The molecule has 0 amide bonds. The number of nitriles is 1. The van der Waals surface area contributed by atoms with E-state index in [2.05, 4.69) is 89.5 Å². The van der Waals surface area contributed by atoms with Crippen LogP contribution >= 0.6 is 0 Å². The second kappa shape index (κ2) is 11.7. The molecule has 9 rings (SSSR count). The Balaban J connectivity index is 1.22. The first-order valence-corrected chi connectivity index (χ1v) is 18.4. The predicted molar refractivity (Wildman–Crippen MR) is 204 cm³/mol. The van der Waals surface area contributed by atoms with Crippen LogP contribution in [0.5, 0.6) is 0 Å². The normalized spacial score (nSPS) is 13.3. The zero-order chi connectivity index (χ0) is 33.8. The first-order chi connectivity index (χ1) is 24.4. The van der Waals surface area contributed by atoms with Crippen molar-refractivity contribution >= 4 is 31.6 Å². The number of sulfone groups is 1. The molecule has 7 aromatic carbocycles. The van der Waals surface area contributed by atoms with Crippen LogP contribution in [0.25, 0.3) is 72.0 Å². The maximum absolute atomic E-state index is 13.6. The third kappa shape index (κ3) is 5.18. The van der Waals surface area contributed by atoms with Crippen LogP contribution in [0.3, 0.4) is 0 Å². The van der Waals surface area contributed by atoms with Crippen molar-refractivity contribution in [2.45, 2.75) is 11.5 Å². The summed E-state index contributed by atoms with van der Waals surface area (Å²) in [5.41, 5.74) is 13.5. The minimum absolute atomic E-state index is 0.0209. The average molecular weight is 663 g/mol. The summed E-state index contributed by atoms with van der Waals surface area (Å²) in [5, 5.41) is 11.7. The molecule has 0 saturated heterocycles. The lowest BCUT2D eigenvalue weighted by Gasteiger charge is -2.15. The number of hydrogen-bond acceptors (Lipinski definition) is 3. The van der Waals surface area contributed by atoms with Crippen LogP contribution in [0, 0.1) is 11.3 Å². The summed E-state index contributed by atoms with van der Waals surface area (Å²) in [4.78, 5) is 0. The van der Waals surface area contributed by atoms with Gasteiger partial charge in [0.15, 0.2) is 9.84 Å². The average Bonchev–Trinajstić information content (AvgIpc) is 3.43. The van der Waals surface area contributed by atoms with E-state index in [0.29, 0.717) is 5.56 Å². The van der Waals surface area contributed by atoms with Gasteiger partial charge in [0.2, 0.25) is 0 Å². The Labute approximate surface area is 291 Å². The van der Waals surface area contributed by atoms with E-state index in [1.807, 2.05) is 78.9 Å². The summed E-state index contributed by atoms with van der Waals surface area (Å²) in [7, 11) is -3.43. The zero-order valence-corrected chi connectivity index (χ0v) is 27.9. The lowest BCUT2D eigenvalue weighted by molar-refractivity contribution is 0.595. The van der Waals surface area contributed by atoms with Gasteiger partial charge < -0.3 is 4.57 Å². The van der Waals surface area contributed by atoms with Gasteiger partial charge in [0.1, 0.15) is 0 Å². The number of benzene rings is 7. The van der Waals surface area contributed by atoms with Gasteiger partial charge in [-0.05, 0) is 116 Å². The van der Waals surface area contributed by atoms with Gasteiger partial charge in [0.05, 0.1) is 34.2 Å². The topological polar surface area (TPSA) is 62.9 Å². The third-order valence-corrected chi connectivity index (χ3v) is 11.3. The molecule has 1 aromatic heterocycles. The van der Waals surface area contributed by atoms with Crippen molar-refractivity contribution in [3.63, 3.8) is 0 Å². The fraction of sp³-hybridized carbons (Fsp3) is 0.0444. The van der Waals surface area contributed by atoms with Crippen molar-refractivity contribution in [2.24, 2.45) is 0 Å². The van der Waals surface area contributed by atoms with Gasteiger partial charge in [0.25, 0.3) is 0 Å². The Morgan fingerprint density at radius 1 is 0.480 bits per heavy atom. The van der Waals surface area contributed by atoms with Crippen LogP contribution in [0.15, 0.2) is 158 Å². The molecule has 0 radical (unpaired) electrons. The van der Waals surface area contributed by atoms with Crippen molar-refractivity contribution in [2.75, 3.05) is 0 Å². The van der Waals surface area contributed by atoms with E-state index >= 15 is 0 Å². The van der Waals surface area contributed by atoms with E-state index in [-0.39, 0.29) is 11.5 Å².